The van der Waals surface area contributed by atoms with Gasteiger partial charge in [0.2, 0.25) is 0 Å². The van der Waals surface area contributed by atoms with Crippen LogP contribution >= 0.6 is 0 Å². The first-order valence-electron chi connectivity index (χ1n) is 5.05. The fraction of sp³-hybridized carbons (Fsp3) is 0.500. The largest absolute Gasteiger partial charge is 0.363 e. The van der Waals surface area contributed by atoms with Gasteiger partial charge < -0.3 is 11.1 Å². The van der Waals surface area contributed by atoms with Gasteiger partial charge in [-0.25, -0.2) is 0 Å². The Balaban J connectivity index is 2.14. The van der Waals surface area contributed by atoms with Crippen molar-refractivity contribution in [2.45, 2.75) is 31.3 Å². The van der Waals surface area contributed by atoms with Crippen molar-refractivity contribution in [3.8, 4) is 6.07 Å². The normalized spacial score (nSPS) is 24.8. The average molecular weight is 203 g/mol. The number of nitrogens with two attached hydrogens (primary N) is 1. The third-order valence-corrected chi connectivity index (χ3v) is 2.73. The van der Waals surface area contributed by atoms with Gasteiger partial charge in [-0.1, -0.05) is 0 Å². The molecule has 1 aromatic heterocycles. The molecular weight excluding hydrogens is 190 g/mol. The Bertz CT molecular complexity index is 384. The Morgan fingerprint density at radius 3 is 3.07 bits per heavy atom. The molecule has 3 N–H and O–H groups in total. The van der Waals surface area contributed by atoms with Gasteiger partial charge in [0.15, 0.2) is 5.82 Å². The van der Waals surface area contributed by atoms with Crippen LogP contribution in [0.4, 0.5) is 5.82 Å². The van der Waals surface area contributed by atoms with E-state index in [4.69, 9.17) is 11.0 Å². The number of aromatic nitrogens is 2. The van der Waals surface area contributed by atoms with Crippen LogP contribution in [0.15, 0.2) is 12.3 Å². The van der Waals surface area contributed by atoms with Crippen molar-refractivity contribution in [1.29, 1.82) is 5.26 Å². The fourth-order valence-electron chi connectivity index (χ4n) is 1.87. The zero-order chi connectivity index (χ0) is 10.7. The van der Waals surface area contributed by atoms with Crippen molar-refractivity contribution in [3.05, 3.63) is 17.8 Å². The molecule has 0 radical (unpaired) electrons. The molecule has 0 spiro atoms. The van der Waals surface area contributed by atoms with E-state index in [9.17, 15) is 0 Å². The molecule has 0 aliphatic heterocycles. The number of anilines is 1. The maximum absolute atomic E-state index is 8.87. The van der Waals surface area contributed by atoms with Crippen LogP contribution in [0.3, 0.4) is 0 Å². The van der Waals surface area contributed by atoms with Gasteiger partial charge in [0.05, 0.1) is 11.8 Å². The number of nitriles is 1. The van der Waals surface area contributed by atoms with E-state index in [0.29, 0.717) is 11.4 Å². The smallest absolute Gasteiger partial charge is 0.166 e. The summed E-state index contributed by atoms with van der Waals surface area (Å²) in [7, 11) is 0. The van der Waals surface area contributed by atoms with Crippen LogP contribution < -0.4 is 11.1 Å². The van der Waals surface area contributed by atoms with Crippen LogP contribution in [0.5, 0.6) is 0 Å². The summed E-state index contributed by atoms with van der Waals surface area (Å²) < 4.78 is 0. The van der Waals surface area contributed by atoms with Crippen LogP contribution in [0.25, 0.3) is 0 Å². The molecule has 1 aliphatic rings. The molecule has 78 valence electrons. The van der Waals surface area contributed by atoms with Crippen LogP contribution in [0.2, 0.25) is 0 Å². The first kappa shape index (κ1) is 9.87. The minimum atomic E-state index is 0.151. The summed E-state index contributed by atoms with van der Waals surface area (Å²) in [6, 6.07) is 4.10. The minimum Gasteiger partial charge on any atom is -0.363 e. The molecule has 2 unspecified atom stereocenters. The molecule has 5 heteroatoms. The lowest BCUT2D eigenvalue weighted by Gasteiger charge is -2.17. The topological polar surface area (TPSA) is 87.6 Å². The van der Waals surface area contributed by atoms with Crippen molar-refractivity contribution >= 4 is 5.82 Å². The standard InChI is InChI=1S/C10H13N5/c11-6-7-4-5-13-15-10(7)14-9-3-1-2-8(9)12/h4-5,8-9H,1-3,12H2,(H,14,15). The Morgan fingerprint density at radius 1 is 1.53 bits per heavy atom. The lowest BCUT2D eigenvalue weighted by atomic mass is 10.2. The molecule has 15 heavy (non-hydrogen) atoms. The van der Waals surface area contributed by atoms with Crippen molar-refractivity contribution in [1.82, 2.24) is 10.2 Å². The van der Waals surface area contributed by atoms with E-state index in [0.717, 1.165) is 19.3 Å². The minimum absolute atomic E-state index is 0.151. The van der Waals surface area contributed by atoms with Gasteiger partial charge in [-0.05, 0) is 25.3 Å². The second-order valence-electron chi connectivity index (χ2n) is 3.75. The highest BCUT2D eigenvalue weighted by Gasteiger charge is 2.24. The quantitative estimate of drug-likeness (QED) is 0.736. The van der Waals surface area contributed by atoms with Gasteiger partial charge in [-0.3, -0.25) is 0 Å². The predicted octanol–water partition coefficient (Wildman–Crippen LogP) is 0.640. The van der Waals surface area contributed by atoms with Crippen LogP contribution in [0.1, 0.15) is 24.8 Å². The number of nitrogens with one attached hydrogen (secondary N) is 1. The first-order chi connectivity index (χ1) is 7.31. The highest BCUT2D eigenvalue weighted by molar-refractivity contribution is 5.51. The third-order valence-electron chi connectivity index (χ3n) is 2.73. The van der Waals surface area contributed by atoms with Crippen LogP contribution in [-0.4, -0.2) is 22.3 Å². The summed E-state index contributed by atoms with van der Waals surface area (Å²) in [5.74, 6) is 0.544. The van der Waals surface area contributed by atoms with Crippen molar-refractivity contribution in [2.75, 3.05) is 5.32 Å². The highest BCUT2D eigenvalue weighted by Crippen LogP contribution is 2.21. The molecule has 0 aromatic carbocycles. The van der Waals surface area contributed by atoms with Gasteiger partial charge in [0, 0.05) is 12.1 Å². The summed E-state index contributed by atoms with van der Waals surface area (Å²) in [4.78, 5) is 0. The van der Waals surface area contributed by atoms with E-state index in [1.54, 1.807) is 6.07 Å². The Labute approximate surface area is 88.3 Å². The highest BCUT2D eigenvalue weighted by atomic mass is 15.2. The number of hydrogen-bond acceptors (Lipinski definition) is 5. The number of nitrogens with zero attached hydrogens (tertiary/aromatic N) is 3. The third kappa shape index (κ3) is 2.05. The van der Waals surface area contributed by atoms with Crippen molar-refractivity contribution < 1.29 is 0 Å². The summed E-state index contributed by atoms with van der Waals surface area (Å²) in [6.45, 7) is 0. The molecule has 1 fully saturated rings. The zero-order valence-electron chi connectivity index (χ0n) is 8.35. The Morgan fingerprint density at radius 2 is 2.40 bits per heavy atom. The zero-order valence-corrected chi connectivity index (χ0v) is 8.35. The molecule has 1 aliphatic carbocycles. The molecule has 1 saturated carbocycles. The van der Waals surface area contributed by atoms with E-state index in [1.807, 2.05) is 0 Å². The molecule has 0 bridgehead atoms. The summed E-state index contributed by atoms with van der Waals surface area (Å²) in [5.41, 5.74) is 6.44. The SMILES string of the molecule is N#Cc1ccnnc1NC1CCCC1N. The van der Waals surface area contributed by atoms with Crippen LogP contribution in [0, 0.1) is 11.3 Å². The second-order valence-corrected chi connectivity index (χ2v) is 3.75. The van der Waals surface area contributed by atoms with Gasteiger partial charge in [-0.15, -0.1) is 5.10 Å². The number of hydrogen-bond donors (Lipinski definition) is 2. The molecule has 2 atom stereocenters. The molecular formula is C10H13N5. The molecule has 0 saturated heterocycles. The Hall–Kier alpha value is -1.67. The lowest BCUT2D eigenvalue weighted by molar-refractivity contribution is 0.634. The van der Waals surface area contributed by atoms with Gasteiger partial charge >= 0.3 is 0 Å². The van der Waals surface area contributed by atoms with E-state index < -0.39 is 0 Å². The summed E-state index contributed by atoms with van der Waals surface area (Å²) >= 11 is 0. The van der Waals surface area contributed by atoms with Crippen molar-refractivity contribution in [2.24, 2.45) is 5.73 Å². The van der Waals surface area contributed by atoms with Gasteiger partial charge in [0.1, 0.15) is 6.07 Å². The lowest BCUT2D eigenvalue weighted by Crippen LogP contribution is -2.35. The maximum atomic E-state index is 8.87. The fourth-order valence-corrected chi connectivity index (χ4v) is 1.87. The average Bonchev–Trinajstić information content (AvgIpc) is 2.65. The monoisotopic (exact) mass is 203 g/mol. The van der Waals surface area contributed by atoms with E-state index in [2.05, 4.69) is 21.6 Å². The second kappa shape index (κ2) is 4.24. The van der Waals surface area contributed by atoms with E-state index in [1.165, 1.54) is 6.20 Å². The van der Waals surface area contributed by atoms with E-state index in [-0.39, 0.29) is 12.1 Å². The van der Waals surface area contributed by atoms with Crippen LogP contribution in [-0.2, 0) is 0 Å². The number of rotatable bonds is 2. The molecule has 5 nitrogen and oxygen atoms in total. The predicted molar refractivity (Wildman–Crippen MR) is 56.0 cm³/mol. The molecule has 2 rings (SSSR count). The van der Waals surface area contributed by atoms with Crippen molar-refractivity contribution in [3.63, 3.8) is 0 Å². The maximum Gasteiger partial charge on any atom is 0.166 e. The van der Waals surface area contributed by atoms with Gasteiger partial charge in [-0.2, -0.15) is 10.4 Å². The van der Waals surface area contributed by atoms with E-state index >= 15 is 0 Å². The first-order valence-corrected chi connectivity index (χ1v) is 5.05. The summed E-state index contributed by atoms with van der Waals surface area (Å²) in [6.07, 6.45) is 4.70. The van der Waals surface area contributed by atoms with Gasteiger partial charge in [0.25, 0.3) is 0 Å². The summed E-state index contributed by atoms with van der Waals surface area (Å²) in [5, 5.41) is 19.7. The molecule has 1 aromatic rings. The molecule has 1 heterocycles. The Kier molecular flexibility index (Phi) is 2.79. The molecule has 0 amide bonds.